The maximum atomic E-state index is 13.0. The van der Waals surface area contributed by atoms with Gasteiger partial charge in [0.25, 0.3) is 11.8 Å². The predicted molar refractivity (Wildman–Crippen MR) is 119 cm³/mol. The zero-order valence-electron chi connectivity index (χ0n) is 18.7. The molecule has 1 aromatic heterocycles. The summed E-state index contributed by atoms with van der Waals surface area (Å²) < 4.78 is 37.9. The highest BCUT2D eigenvalue weighted by molar-refractivity contribution is 7.84. The zero-order valence-corrected chi connectivity index (χ0v) is 20.4. The normalized spacial score (nSPS) is 22.8. The number of carbonyl (C=O) groups is 4. The average Bonchev–Trinajstić information content (AvgIpc) is 3.35. The van der Waals surface area contributed by atoms with E-state index < -0.39 is 76.8 Å². The molecule has 3 rings (SSSR count). The Morgan fingerprint density at radius 3 is 2.58 bits per heavy atom. The van der Waals surface area contributed by atoms with Crippen molar-refractivity contribution < 1.29 is 51.9 Å². The molecule has 2 aliphatic heterocycles. The molecule has 2 aliphatic rings. The number of ether oxygens (including phenoxy) is 1. The van der Waals surface area contributed by atoms with Crippen LogP contribution in [0, 0.1) is 0 Å². The molecule has 36 heavy (non-hydrogen) atoms. The number of aromatic nitrogens is 1. The lowest BCUT2D eigenvalue weighted by Crippen LogP contribution is -2.74. The number of nitrogens with zero attached hydrogens (tertiary/aromatic N) is 4. The molecule has 0 unspecified atom stereocenters. The van der Waals surface area contributed by atoms with Gasteiger partial charge in [0, 0.05) is 11.9 Å². The van der Waals surface area contributed by atoms with Crippen LogP contribution in [0.25, 0.3) is 0 Å². The van der Waals surface area contributed by atoms with Crippen LogP contribution >= 0.6 is 11.3 Å². The SMILES string of the molecule is CC(C)(ON=C(C(=O)N[C@@H]1C(=O)N(S(=O)(=O)O)[C@@H]1CN1C[C@H](CO)OC1=O)c1csc(N)n1)C(=O)O. The van der Waals surface area contributed by atoms with Crippen LogP contribution in [-0.4, -0.2) is 110 Å². The number of hydrogen-bond donors (Lipinski definition) is 5. The van der Waals surface area contributed by atoms with Crippen molar-refractivity contribution in [2.45, 2.75) is 37.6 Å². The molecule has 3 amide bonds. The van der Waals surface area contributed by atoms with Gasteiger partial charge in [-0.25, -0.2) is 18.9 Å². The molecule has 0 saturated carbocycles. The minimum absolute atomic E-state index is 0.0316. The second-order valence-corrected chi connectivity index (χ2v) is 10.3. The first-order valence-electron chi connectivity index (χ1n) is 10.0. The number of carboxylic acids is 1. The average molecular weight is 551 g/mol. The Balaban J connectivity index is 1.86. The van der Waals surface area contributed by atoms with Crippen LogP contribution in [0.4, 0.5) is 9.93 Å². The first-order chi connectivity index (χ1) is 16.7. The number of aliphatic hydroxyl groups excluding tert-OH is 1. The number of aliphatic hydroxyl groups is 1. The van der Waals surface area contributed by atoms with E-state index in [2.05, 4.69) is 15.5 Å². The summed E-state index contributed by atoms with van der Waals surface area (Å²) in [5, 5.41) is 25.5. The van der Waals surface area contributed by atoms with E-state index in [0.717, 1.165) is 30.1 Å². The number of anilines is 1. The fourth-order valence-corrected chi connectivity index (χ4v) is 4.61. The van der Waals surface area contributed by atoms with Crippen molar-refractivity contribution >= 4 is 56.4 Å². The highest BCUT2D eigenvalue weighted by atomic mass is 32.2. The number of nitrogens with one attached hydrogen (secondary N) is 1. The van der Waals surface area contributed by atoms with E-state index in [9.17, 15) is 42.4 Å². The second-order valence-electron chi connectivity index (χ2n) is 8.14. The second kappa shape index (κ2) is 9.84. The molecule has 0 radical (unpaired) electrons. The molecule has 3 atom stereocenters. The molecule has 0 aromatic carbocycles. The number of aliphatic carboxylic acids is 1. The van der Waals surface area contributed by atoms with Gasteiger partial charge in [-0.2, -0.15) is 8.42 Å². The van der Waals surface area contributed by atoms with Crippen LogP contribution in [0.3, 0.4) is 0 Å². The van der Waals surface area contributed by atoms with E-state index in [1.54, 1.807) is 0 Å². The molecule has 2 saturated heterocycles. The van der Waals surface area contributed by atoms with Crippen LogP contribution in [0.5, 0.6) is 0 Å². The molecule has 0 bridgehead atoms. The van der Waals surface area contributed by atoms with Crippen molar-refractivity contribution in [3.63, 3.8) is 0 Å². The summed E-state index contributed by atoms with van der Waals surface area (Å²) in [6.45, 7) is 1.20. The number of carbonyl (C=O) groups excluding carboxylic acids is 3. The Kier molecular flexibility index (Phi) is 7.39. The summed E-state index contributed by atoms with van der Waals surface area (Å²) in [5.41, 5.74) is 3.03. The quantitative estimate of drug-likeness (QED) is 0.0884. The Morgan fingerprint density at radius 2 is 2.08 bits per heavy atom. The number of carboxylic acid groups (broad SMARTS) is 1. The minimum Gasteiger partial charge on any atom is -0.478 e. The standard InChI is InChI=1S/C17H22N6O11S2/c1-17(2,14(27)28)34-21-10(8-6-35-15(18)19-8)12(25)20-11-9(23(13(11)26)36(30,31)32)4-22-3-7(5-24)33-16(22)29/h6-7,9,11,24H,3-5H2,1-2H3,(H2,18,19)(H,20,25)(H,27,28)(H,30,31,32)/t7-,9-,11+/m1/s1. The summed E-state index contributed by atoms with van der Waals surface area (Å²) in [6.07, 6.45) is -1.79. The molecular formula is C17H22N6O11S2. The van der Waals surface area contributed by atoms with Gasteiger partial charge in [-0.15, -0.1) is 11.3 Å². The number of thiazole rings is 1. The van der Waals surface area contributed by atoms with E-state index in [4.69, 9.17) is 15.3 Å². The number of oxime groups is 1. The van der Waals surface area contributed by atoms with Crippen molar-refractivity contribution in [1.82, 2.24) is 19.5 Å². The van der Waals surface area contributed by atoms with Crippen molar-refractivity contribution in [3.8, 4) is 0 Å². The Labute approximate surface area is 207 Å². The van der Waals surface area contributed by atoms with E-state index in [1.165, 1.54) is 5.38 Å². The first kappa shape index (κ1) is 27.0. The fraction of sp³-hybridized carbons (Fsp3) is 0.529. The Hall–Kier alpha value is -3.55. The third-order valence-corrected chi connectivity index (χ3v) is 6.75. The van der Waals surface area contributed by atoms with Crippen LogP contribution in [0.1, 0.15) is 19.5 Å². The number of nitrogens with two attached hydrogens (primary N) is 1. The van der Waals surface area contributed by atoms with Gasteiger partial charge in [-0.1, -0.05) is 5.16 Å². The number of amides is 3. The van der Waals surface area contributed by atoms with Crippen molar-refractivity contribution in [2.75, 3.05) is 25.4 Å². The largest absolute Gasteiger partial charge is 0.478 e. The number of cyclic esters (lactones) is 1. The van der Waals surface area contributed by atoms with E-state index in [1.807, 2.05) is 0 Å². The third kappa shape index (κ3) is 5.48. The summed E-state index contributed by atoms with van der Waals surface area (Å²) in [7, 11) is -5.06. The smallest absolute Gasteiger partial charge is 0.410 e. The highest BCUT2D eigenvalue weighted by Crippen LogP contribution is 2.26. The third-order valence-electron chi connectivity index (χ3n) is 5.13. The van der Waals surface area contributed by atoms with E-state index >= 15 is 0 Å². The molecule has 0 aliphatic carbocycles. The zero-order chi connectivity index (χ0) is 27.0. The van der Waals surface area contributed by atoms with Crippen LogP contribution in [0.15, 0.2) is 10.5 Å². The van der Waals surface area contributed by atoms with Gasteiger partial charge in [0.15, 0.2) is 10.8 Å². The number of rotatable bonds is 10. The summed E-state index contributed by atoms with van der Waals surface area (Å²) in [6, 6.07) is -3.01. The van der Waals surface area contributed by atoms with Crippen LogP contribution in [0.2, 0.25) is 0 Å². The van der Waals surface area contributed by atoms with Gasteiger partial charge in [-0.3, -0.25) is 14.1 Å². The Morgan fingerprint density at radius 1 is 1.42 bits per heavy atom. The van der Waals surface area contributed by atoms with Gasteiger partial charge in [0.1, 0.15) is 17.8 Å². The molecule has 2 fully saturated rings. The molecule has 0 spiro atoms. The van der Waals surface area contributed by atoms with E-state index in [-0.39, 0.29) is 21.7 Å². The fourth-order valence-electron chi connectivity index (χ4n) is 3.19. The van der Waals surface area contributed by atoms with Crippen molar-refractivity contribution in [2.24, 2.45) is 5.16 Å². The Bertz CT molecular complexity index is 1210. The van der Waals surface area contributed by atoms with Gasteiger partial charge >= 0.3 is 22.4 Å². The maximum absolute atomic E-state index is 13.0. The van der Waals surface area contributed by atoms with Crippen molar-refractivity contribution in [3.05, 3.63) is 11.1 Å². The lowest BCUT2D eigenvalue weighted by atomic mass is 9.97. The van der Waals surface area contributed by atoms with Crippen LogP contribution < -0.4 is 11.1 Å². The lowest BCUT2D eigenvalue weighted by molar-refractivity contribution is -0.161. The highest BCUT2D eigenvalue weighted by Gasteiger charge is 2.55. The molecular weight excluding hydrogens is 528 g/mol. The van der Waals surface area contributed by atoms with E-state index in [0.29, 0.717) is 0 Å². The van der Waals surface area contributed by atoms with Gasteiger partial charge < -0.3 is 35.7 Å². The predicted octanol–water partition coefficient (Wildman–Crippen LogP) is -2.38. The summed E-state index contributed by atoms with van der Waals surface area (Å²) in [5.74, 6) is -3.73. The van der Waals surface area contributed by atoms with Crippen molar-refractivity contribution in [1.29, 1.82) is 0 Å². The summed E-state index contributed by atoms with van der Waals surface area (Å²) >= 11 is 0.925. The molecule has 3 heterocycles. The van der Waals surface area contributed by atoms with Crippen LogP contribution in [-0.2, 0) is 34.3 Å². The van der Waals surface area contributed by atoms with Gasteiger partial charge in [0.2, 0.25) is 5.60 Å². The molecule has 198 valence electrons. The number of hydrogen-bond acceptors (Lipinski definition) is 13. The molecule has 1 aromatic rings. The topological polar surface area (TPSA) is 251 Å². The number of β-lactam (4-membered cyclic amide) rings is 1. The molecule has 19 heteroatoms. The summed E-state index contributed by atoms with van der Waals surface area (Å²) in [4.78, 5) is 58.7. The molecule has 17 nitrogen and oxygen atoms in total. The monoisotopic (exact) mass is 550 g/mol. The van der Waals surface area contributed by atoms with Gasteiger partial charge in [0.05, 0.1) is 19.2 Å². The lowest BCUT2D eigenvalue weighted by Gasteiger charge is -2.45. The minimum atomic E-state index is -5.06. The number of nitrogen functional groups attached to an aromatic ring is 1. The first-order valence-corrected chi connectivity index (χ1v) is 12.3. The maximum Gasteiger partial charge on any atom is 0.410 e. The van der Waals surface area contributed by atoms with Gasteiger partial charge in [-0.05, 0) is 13.8 Å². The molecule has 6 N–H and O–H groups in total.